The molecule has 1 aliphatic carbocycles. The van der Waals surface area contributed by atoms with Gasteiger partial charge in [-0.2, -0.15) is 0 Å². The van der Waals surface area contributed by atoms with Crippen LogP contribution in [0.5, 0.6) is 0 Å². The fraction of sp³-hybridized carbons (Fsp3) is 0.800. The molecule has 0 saturated heterocycles. The van der Waals surface area contributed by atoms with Crippen LogP contribution in [0.25, 0.3) is 0 Å². The summed E-state index contributed by atoms with van der Waals surface area (Å²) in [5.41, 5.74) is 7.45. The highest BCUT2D eigenvalue weighted by atomic mass is 15.2. The monoisotopic (exact) mass is 249 g/mol. The van der Waals surface area contributed by atoms with Gasteiger partial charge in [0.15, 0.2) is 0 Å². The first-order valence-electron chi connectivity index (χ1n) is 7.21. The summed E-state index contributed by atoms with van der Waals surface area (Å²) in [5.74, 6) is 3.10. The summed E-state index contributed by atoms with van der Waals surface area (Å²) in [6.45, 7) is 11.0. The van der Waals surface area contributed by atoms with Gasteiger partial charge in [-0.25, -0.2) is 4.98 Å². The van der Waals surface area contributed by atoms with Gasteiger partial charge in [-0.05, 0) is 39.5 Å². The molecule has 1 heterocycles. The Bertz CT molecular complexity index is 418. The van der Waals surface area contributed by atoms with Crippen LogP contribution in [-0.4, -0.2) is 9.55 Å². The Morgan fingerprint density at radius 3 is 2.22 bits per heavy atom. The number of nitrogens with two attached hydrogens (primary N) is 1. The van der Waals surface area contributed by atoms with E-state index in [4.69, 9.17) is 10.7 Å². The SMILES string of the molecule is CC(C)c1nc(C2CCCC2)n(C(C)(C)C)c1N. The minimum atomic E-state index is 0.0160. The number of imidazole rings is 1. The quantitative estimate of drug-likeness (QED) is 0.861. The number of hydrogen-bond donors (Lipinski definition) is 1. The van der Waals surface area contributed by atoms with Crippen molar-refractivity contribution in [3.05, 3.63) is 11.5 Å². The standard InChI is InChI=1S/C15H27N3/c1-10(2)12-13(16)18(15(3,4)5)14(17-12)11-8-6-7-9-11/h10-11H,6-9,16H2,1-5H3. The predicted octanol–water partition coefficient (Wildman–Crippen LogP) is 4.00. The van der Waals surface area contributed by atoms with E-state index in [1.807, 2.05) is 0 Å². The van der Waals surface area contributed by atoms with Crippen molar-refractivity contribution < 1.29 is 0 Å². The molecular formula is C15H27N3. The molecule has 2 N–H and O–H groups in total. The fourth-order valence-corrected chi connectivity index (χ4v) is 3.06. The van der Waals surface area contributed by atoms with Gasteiger partial charge in [-0.1, -0.05) is 26.7 Å². The van der Waals surface area contributed by atoms with E-state index in [-0.39, 0.29) is 5.54 Å². The van der Waals surface area contributed by atoms with Crippen LogP contribution in [0.1, 0.15) is 83.7 Å². The van der Waals surface area contributed by atoms with Crippen LogP contribution < -0.4 is 5.73 Å². The lowest BCUT2D eigenvalue weighted by Gasteiger charge is -2.27. The van der Waals surface area contributed by atoms with Gasteiger partial charge in [-0.3, -0.25) is 0 Å². The third kappa shape index (κ3) is 2.27. The zero-order chi connectivity index (χ0) is 13.5. The second kappa shape index (κ2) is 4.60. The zero-order valence-electron chi connectivity index (χ0n) is 12.5. The minimum absolute atomic E-state index is 0.0160. The van der Waals surface area contributed by atoms with E-state index in [0.29, 0.717) is 11.8 Å². The molecule has 0 atom stereocenters. The number of anilines is 1. The van der Waals surface area contributed by atoms with E-state index >= 15 is 0 Å². The van der Waals surface area contributed by atoms with Crippen molar-refractivity contribution in [1.29, 1.82) is 0 Å². The van der Waals surface area contributed by atoms with Gasteiger partial charge in [0, 0.05) is 11.5 Å². The van der Waals surface area contributed by atoms with Gasteiger partial charge in [-0.15, -0.1) is 0 Å². The predicted molar refractivity (Wildman–Crippen MR) is 76.9 cm³/mol. The summed E-state index contributed by atoms with van der Waals surface area (Å²) in [7, 11) is 0. The average Bonchev–Trinajstić information content (AvgIpc) is 2.81. The van der Waals surface area contributed by atoms with Gasteiger partial charge >= 0.3 is 0 Å². The lowest BCUT2D eigenvalue weighted by molar-refractivity contribution is 0.377. The molecule has 3 heteroatoms. The molecule has 0 radical (unpaired) electrons. The van der Waals surface area contributed by atoms with Crippen LogP contribution in [-0.2, 0) is 5.54 Å². The van der Waals surface area contributed by atoms with Gasteiger partial charge in [0.2, 0.25) is 0 Å². The first kappa shape index (κ1) is 13.4. The summed E-state index contributed by atoms with van der Waals surface area (Å²) < 4.78 is 2.28. The molecule has 1 aromatic rings. The molecule has 18 heavy (non-hydrogen) atoms. The molecule has 0 spiro atoms. The fourth-order valence-electron chi connectivity index (χ4n) is 3.06. The molecule has 0 aromatic carbocycles. The van der Waals surface area contributed by atoms with Crippen molar-refractivity contribution >= 4 is 5.82 Å². The molecule has 1 saturated carbocycles. The Hall–Kier alpha value is -0.990. The van der Waals surface area contributed by atoms with Crippen LogP contribution in [0.15, 0.2) is 0 Å². The van der Waals surface area contributed by atoms with Crippen LogP contribution >= 0.6 is 0 Å². The molecule has 0 amide bonds. The van der Waals surface area contributed by atoms with Crippen LogP contribution in [0, 0.1) is 0 Å². The third-order valence-electron chi connectivity index (χ3n) is 3.91. The molecule has 102 valence electrons. The first-order valence-corrected chi connectivity index (χ1v) is 7.21. The van der Waals surface area contributed by atoms with E-state index in [1.165, 1.54) is 31.5 Å². The zero-order valence-corrected chi connectivity index (χ0v) is 12.5. The van der Waals surface area contributed by atoms with E-state index < -0.39 is 0 Å². The molecule has 2 rings (SSSR count). The van der Waals surface area contributed by atoms with Crippen LogP contribution in [0.3, 0.4) is 0 Å². The molecule has 1 aliphatic rings. The molecule has 0 bridgehead atoms. The molecular weight excluding hydrogens is 222 g/mol. The Morgan fingerprint density at radius 2 is 1.78 bits per heavy atom. The van der Waals surface area contributed by atoms with Crippen molar-refractivity contribution in [2.24, 2.45) is 0 Å². The largest absolute Gasteiger partial charge is 0.384 e. The molecule has 3 nitrogen and oxygen atoms in total. The summed E-state index contributed by atoms with van der Waals surface area (Å²) in [5, 5.41) is 0. The van der Waals surface area contributed by atoms with Crippen molar-refractivity contribution in [2.75, 3.05) is 5.73 Å². The van der Waals surface area contributed by atoms with Gasteiger partial charge in [0.1, 0.15) is 11.6 Å². The van der Waals surface area contributed by atoms with E-state index in [1.54, 1.807) is 0 Å². The Kier molecular flexibility index (Phi) is 3.43. The minimum Gasteiger partial charge on any atom is -0.384 e. The van der Waals surface area contributed by atoms with Gasteiger partial charge in [0.25, 0.3) is 0 Å². The number of hydrogen-bond acceptors (Lipinski definition) is 2. The second-order valence-electron chi connectivity index (χ2n) is 6.88. The summed E-state index contributed by atoms with van der Waals surface area (Å²) >= 11 is 0. The van der Waals surface area contributed by atoms with E-state index in [9.17, 15) is 0 Å². The number of aromatic nitrogens is 2. The topological polar surface area (TPSA) is 43.8 Å². The highest BCUT2D eigenvalue weighted by molar-refractivity contribution is 5.42. The highest BCUT2D eigenvalue weighted by Gasteiger charge is 2.30. The number of nitrogen functional groups attached to an aromatic ring is 1. The summed E-state index contributed by atoms with van der Waals surface area (Å²) in [6, 6.07) is 0. The Labute approximate surface area is 111 Å². The Balaban J connectivity index is 2.52. The van der Waals surface area contributed by atoms with E-state index in [2.05, 4.69) is 39.2 Å². The van der Waals surface area contributed by atoms with Gasteiger partial charge < -0.3 is 10.3 Å². The highest BCUT2D eigenvalue weighted by Crippen LogP contribution is 2.39. The van der Waals surface area contributed by atoms with Crippen molar-refractivity contribution in [3.63, 3.8) is 0 Å². The normalized spacial score (nSPS) is 17.9. The first-order chi connectivity index (χ1) is 8.32. The molecule has 1 aromatic heterocycles. The average molecular weight is 249 g/mol. The maximum atomic E-state index is 6.36. The summed E-state index contributed by atoms with van der Waals surface area (Å²) in [4.78, 5) is 4.90. The maximum absolute atomic E-state index is 6.36. The smallest absolute Gasteiger partial charge is 0.127 e. The van der Waals surface area contributed by atoms with Crippen molar-refractivity contribution in [2.45, 2.75) is 77.7 Å². The number of rotatable bonds is 2. The molecule has 0 unspecified atom stereocenters. The van der Waals surface area contributed by atoms with Crippen molar-refractivity contribution in [3.8, 4) is 0 Å². The number of nitrogens with zero attached hydrogens (tertiary/aromatic N) is 2. The third-order valence-corrected chi connectivity index (χ3v) is 3.91. The van der Waals surface area contributed by atoms with Crippen molar-refractivity contribution in [1.82, 2.24) is 9.55 Å². The lowest BCUT2D eigenvalue weighted by Crippen LogP contribution is -2.26. The van der Waals surface area contributed by atoms with E-state index in [0.717, 1.165) is 11.5 Å². The summed E-state index contributed by atoms with van der Waals surface area (Å²) in [6.07, 6.45) is 5.20. The second-order valence-corrected chi connectivity index (χ2v) is 6.88. The Morgan fingerprint density at radius 1 is 1.22 bits per heavy atom. The molecule has 0 aliphatic heterocycles. The van der Waals surface area contributed by atoms with Crippen LogP contribution in [0.2, 0.25) is 0 Å². The lowest BCUT2D eigenvalue weighted by atomic mass is 10.0. The molecule has 1 fully saturated rings. The maximum Gasteiger partial charge on any atom is 0.127 e. The van der Waals surface area contributed by atoms with Gasteiger partial charge in [0.05, 0.1) is 5.69 Å². The van der Waals surface area contributed by atoms with Crippen LogP contribution in [0.4, 0.5) is 5.82 Å².